The van der Waals surface area contributed by atoms with Crippen LogP contribution in [0.15, 0.2) is 0 Å². The highest BCUT2D eigenvalue weighted by Gasteiger charge is 2.35. The minimum Gasteiger partial charge on any atom is -0.300 e. The van der Waals surface area contributed by atoms with Crippen LogP contribution in [0.4, 0.5) is 0 Å². The molecule has 0 aromatic rings. The molecule has 0 aromatic carbocycles. The minimum atomic E-state index is 0.571. The molecule has 0 aromatic heterocycles. The van der Waals surface area contributed by atoms with Crippen molar-refractivity contribution in [2.75, 3.05) is 13.1 Å². The zero-order valence-corrected chi connectivity index (χ0v) is 9.34. The molecule has 1 aliphatic carbocycles. The van der Waals surface area contributed by atoms with Gasteiger partial charge in [0.15, 0.2) is 0 Å². The van der Waals surface area contributed by atoms with Gasteiger partial charge in [-0.1, -0.05) is 13.8 Å². The minimum absolute atomic E-state index is 0.571. The maximum Gasteiger partial charge on any atom is 0.00954 e. The van der Waals surface area contributed by atoms with Crippen molar-refractivity contribution < 1.29 is 0 Å². The predicted molar refractivity (Wildman–Crippen MR) is 56.8 cm³/mol. The van der Waals surface area contributed by atoms with Crippen LogP contribution in [0, 0.1) is 11.3 Å². The number of piperidine rings is 1. The van der Waals surface area contributed by atoms with Crippen LogP contribution in [0.2, 0.25) is 0 Å². The first-order valence-corrected chi connectivity index (χ1v) is 5.82. The Morgan fingerprint density at radius 3 is 2.54 bits per heavy atom. The van der Waals surface area contributed by atoms with E-state index in [4.69, 9.17) is 0 Å². The van der Waals surface area contributed by atoms with E-state index in [9.17, 15) is 0 Å². The lowest BCUT2D eigenvalue weighted by Gasteiger charge is -2.41. The Kier molecular flexibility index (Phi) is 2.39. The molecule has 1 heterocycles. The average Bonchev–Trinajstić information content (AvgIpc) is 2.83. The summed E-state index contributed by atoms with van der Waals surface area (Å²) >= 11 is 0. The van der Waals surface area contributed by atoms with Crippen molar-refractivity contribution in [2.24, 2.45) is 11.3 Å². The quantitative estimate of drug-likeness (QED) is 0.633. The maximum atomic E-state index is 2.72. The highest BCUT2D eigenvalue weighted by Crippen LogP contribution is 2.38. The standard InChI is InChI=1S/C12H23N/c1-10(11-5-6-11)13-8-4-7-12(2,3)9-13/h10-11H,4-9H2,1-3H3. The second kappa shape index (κ2) is 3.27. The summed E-state index contributed by atoms with van der Waals surface area (Å²) in [5, 5.41) is 0. The summed E-state index contributed by atoms with van der Waals surface area (Å²) in [4.78, 5) is 2.72. The van der Waals surface area contributed by atoms with Gasteiger partial charge in [-0.2, -0.15) is 0 Å². The van der Waals surface area contributed by atoms with Gasteiger partial charge in [-0.15, -0.1) is 0 Å². The van der Waals surface area contributed by atoms with Gasteiger partial charge < -0.3 is 0 Å². The van der Waals surface area contributed by atoms with Crippen molar-refractivity contribution in [3.05, 3.63) is 0 Å². The van der Waals surface area contributed by atoms with Crippen LogP contribution in [-0.4, -0.2) is 24.0 Å². The van der Waals surface area contributed by atoms with E-state index in [1.165, 1.54) is 38.8 Å². The van der Waals surface area contributed by atoms with Crippen LogP contribution < -0.4 is 0 Å². The van der Waals surface area contributed by atoms with E-state index in [2.05, 4.69) is 25.7 Å². The van der Waals surface area contributed by atoms with E-state index in [1.54, 1.807) is 0 Å². The topological polar surface area (TPSA) is 3.24 Å². The molecular formula is C12H23N. The number of hydrogen-bond donors (Lipinski definition) is 0. The molecular weight excluding hydrogens is 158 g/mol. The highest BCUT2D eigenvalue weighted by atomic mass is 15.2. The van der Waals surface area contributed by atoms with Gasteiger partial charge in [0, 0.05) is 12.6 Å². The first kappa shape index (κ1) is 9.51. The van der Waals surface area contributed by atoms with Crippen molar-refractivity contribution in [1.82, 2.24) is 4.90 Å². The third-order valence-corrected chi connectivity index (χ3v) is 3.81. The van der Waals surface area contributed by atoms with E-state index in [-0.39, 0.29) is 0 Å². The molecule has 0 N–H and O–H groups in total. The number of rotatable bonds is 2. The van der Waals surface area contributed by atoms with Crippen molar-refractivity contribution >= 4 is 0 Å². The molecule has 2 fully saturated rings. The van der Waals surface area contributed by atoms with Crippen molar-refractivity contribution in [3.63, 3.8) is 0 Å². The molecule has 76 valence electrons. The summed E-state index contributed by atoms with van der Waals surface area (Å²) in [6.45, 7) is 9.93. The maximum absolute atomic E-state index is 2.72. The molecule has 1 unspecified atom stereocenters. The number of nitrogens with zero attached hydrogens (tertiary/aromatic N) is 1. The van der Waals surface area contributed by atoms with Gasteiger partial charge in [0.25, 0.3) is 0 Å². The smallest absolute Gasteiger partial charge is 0.00954 e. The lowest BCUT2D eigenvalue weighted by atomic mass is 9.83. The molecule has 0 amide bonds. The molecule has 1 heteroatoms. The predicted octanol–water partition coefficient (Wildman–Crippen LogP) is 2.91. The number of hydrogen-bond acceptors (Lipinski definition) is 1. The second-order valence-electron chi connectivity index (χ2n) is 5.82. The Labute approximate surface area is 82.5 Å². The van der Waals surface area contributed by atoms with Crippen LogP contribution in [0.25, 0.3) is 0 Å². The molecule has 2 rings (SSSR count). The lowest BCUT2D eigenvalue weighted by Crippen LogP contribution is -2.45. The zero-order chi connectivity index (χ0) is 9.47. The van der Waals surface area contributed by atoms with E-state index in [0.29, 0.717) is 5.41 Å². The van der Waals surface area contributed by atoms with Crippen LogP contribution in [0.1, 0.15) is 46.5 Å². The van der Waals surface area contributed by atoms with Gasteiger partial charge in [0.05, 0.1) is 0 Å². The van der Waals surface area contributed by atoms with Gasteiger partial charge in [0.1, 0.15) is 0 Å². The first-order valence-electron chi connectivity index (χ1n) is 5.82. The van der Waals surface area contributed by atoms with Gasteiger partial charge in [-0.25, -0.2) is 0 Å². The highest BCUT2D eigenvalue weighted by molar-refractivity contribution is 4.89. The first-order chi connectivity index (χ1) is 6.08. The van der Waals surface area contributed by atoms with Crippen molar-refractivity contribution in [3.8, 4) is 0 Å². The molecule has 0 radical (unpaired) electrons. The summed E-state index contributed by atoms with van der Waals surface area (Å²) in [5.41, 5.74) is 0.571. The van der Waals surface area contributed by atoms with Gasteiger partial charge in [0.2, 0.25) is 0 Å². The third kappa shape index (κ3) is 2.25. The summed E-state index contributed by atoms with van der Waals surface area (Å²) in [6, 6.07) is 0.861. The summed E-state index contributed by atoms with van der Waals surface area (Å²) in [7, 11) is 0. The fraction of sp³-hybridized carbons (Fsp3) is 1.00. The number of likely N-dealkylation sites (tertiary alicyclic amines) is 1. The molecule has 0 spiro atoms. The molecule has 0 bridgehead atoms. The molecule has 13 heavy (non-hydrogen) atoms. The fourth-order valence-corrected chi connectivity index (χ4v) is 2.69. The van der Waals surface area contributed by atoms with Crippen LogP contribution in [-0.2, 0) is 0 Å². The lowest BCUT2D eigenvalue weighted by molar-refractivity contribution is 0.0762. The Hall–Kier alpha value is -0.0400. The molecule has 1 nitrogen and oxygen atoms in total. The Morgan fingerprint density at radius 1 is 1.31 bits per heavy atom. The normalized spacial score (nSPS) is 31.6. The molecule has 1 aliphatic heterocycles. The van der Waals surface area contributed by atoms with Crippen molar-refractivity contribution in [1.29, 1.82) is 0 Å². The summed E-state index contributed by atoms with van der Waals surface area (Å²) in [6.07, 6.45) is 5.79. The van der Waals surface area contributed by atoms with E-state index >= 15 is 0 Å². The largest absolute Gasteiger partial charge is 0.300 e. The fourth-order valence-electron chi connectivity index (χ4n) is 2.69. The summed E-state index contributed by atoms with van der Waals surface area (Å²) < 4.78 is 0. The van der Waals surface area contributed by atoms with Crippen LogP contribution in [0.5, 0.6) is 0 Å². The second-order valence-corrected chi connectivity index (χ2v) is 5.82. The molecule has 1 saturated heterocycles. The van der Waals surface area contributed by atoms with E-state index in [0.717, 1.165) is 12.0 Å². The van der Waals surface area contributed by atoms with Crippen LogP contribution >= 0.6 is 0 Å². The Morgan fingerprint density at radius 2 is 2.00 bits per heavy atom. The van der Waals surface area contributed by atoms with Gasteiger partial charge >= 0.3 is 0 Å². The van der Waals surface area contributed by atoms with E-state index < -0.39 is 0 Å². The SMILES string of the molecule is CC(C1CC1)N1CCCC(C)(C)C1. The molecule has 2 aliphatic rings. The summed E-state index contributed by atoms with van der Waals surface area (Å²) in [5.74, 6) is 1.04. The zero-order valence-electron chi connectivity index (χ0n) is 9.34. The monoisotopic (exact) mass is 181 g/mol. The molecule has 1 saturated carbocycles. The third-order valence-electron chi connectivity index (χ3n) is 3.81. The molecule has 1 atom stereocenters. The van der Waals surface area contributed by atoms with E-state index in [1.807, 2.05) is 0 Å². The Bertz CT molecular complexity index is 182. The Balaban J connectivity index is 1.91. The average molecular weight is 181 g/mol. The van der Waals surface area contributed by atoms with Crippen molar-refractivity contribution in [2.45, 2.75) is 52.5 Å². The van der Waals surface area contributed by atoms with Gasteiger partial charge in [-0.05, 0) is 50.5 Å². The van der Waals surface area contributed by atoms with Crippen LogP contribution in [0.3, 0.4) is 0 Å². The van der Waals surface area contributed by atoms with Gasteiger partial charge in [-0.3, -0.25) is 4.90 Å².